The lowest BCUT2D eigenvalue weighted by molar-refractivity contribution is -0.137. The Morgan fingerprint density at radius 3 is 2.75 bits per heavy atom. The summed E-state index contributed by atoms with van der Waals surface area (Å²) in [6.45, 7) is 1.57. The minimum atomic E-state index is -4.42. The highest BCUT2D eigenvalue weighted by molar-refractivity contribution is 5.59. The number of nitrogens with zero attached hydrogens (tertiary/aromatic N) is 1. The van der Waals surface area contributed by atoms with Crippen LogP contribution in [0.15, 0.2) is 18.2 Å². The minimum Gasteiger partial charge on any atom is -0.382 e. The van der Waals surface area contributed by atoms with Crippen molar-refractivity contribution in [2.75, 3.05) is 18.4 Å². The molecule has 0 radical (unpaired) electrons. The molecule has 2 N–H and O–H groups in total. The molecule has 1 aromatic carbocycles. The van der Waals surface area contributed by atoms with E-state index in [0.29, 0.717) is 18.3 Å². The molecule has 1 fully saturated rings. The molecule has 1 aromatic rings. The Labute approximate surface area is 115 Å². The summed E-state index contributed by atoms with van der Waals surface area (Å²) >= 11 is 0. The summed E-state index contributed by atoms with van der Waals surface area (Å²) < 4.78 is 37.7. The summed E-state index contributed by atoms with van der Waals surface area (Å²) in [5.41, 5.74) is -0.320. The molecule has 0 aliphatic carbocycles. The van der Waals surface area contributed by atoms with Gasteiger partial charge in [-0.1, -0.05) is 6.42 Å². The second kappa shape index (κ2) is 6.14. The van der Waals surface area contributed by atoms with Crippen LogP contribution in [-0.2, 0) is 6.18 Å². The summed E-state index contributed by atoms with van der Waals surface area (Å²) in [6.07, 6.45) is -1.08. The second-order valence-electron chi connectivity index (χ2n) is 4.90. The molecular formula is C14H16F3N3. The van der Waals surface area contributed by atoms with Gasteiger partial charge in [0.15, 0.2) is 0 Å². The Balaban J connectivity index is 2.06. The first-order chi connectivity index (χ1) is 9.50. The molecule has 1 atom stereocenters. The first-order valence-corrected chi connectivity index (χ1v) is 6.59. The lowest BCUT2D eigenvalue weighted by Crippen LogP contribution is -2.39. The van der Waals surface area contributed by atoms with E-state index in [2.05, 4.69) is 10.6 Å². The fourth-order valence-corrected chi connectivity index (χ4v) is 2.30. The molecule has 1 aliphatic heterocycles. The van der Waals surface area contributed by atoms with Crippen molar-refractivity contribution in [3.05, 3.63) is 29.3 Å². The minimum absolute atomic E-state index is 0.0237. The van der Waals surface area contributed by atoms with Gasteiger partial charge in [-0.2, -0.15) is 18.4 Å². The van der Waals surface area contributed by atoms with Crippen LogP contribution in [0.5, 0.6) is 0 Å². The summed E-state index contributed by atoms with van der Waals surface area (Å²) in [6, 6.07) is 5.32. The third-order valence-electron chi connectivity index (χ3n) is 3.42. The predicted molar refractivity (Wildman–Crippen MR) is 70.3 cm³/mol. The smallest absolute Gasteiger partial charge is 0.382 e. The van der Waals surface area contributed by atoms with E-state index in [1.54, 1.807) is 0 Å². The molecule has 1 saturated heterocycles. The van der Waals surface area contributed by atoms with Crippen molar-refractivity contribution >= 4 is 5.69 Å². The van der Waals surface area contributed by atoms with Gasteiger partial charge in [-0.3, -0.25) is 0 Å². The molecule has 3 nitrogen and oxygen atoms in total. The maximum absolute atomic E-state index is 12.6. The lowest BCUT2D eigenvalue weighted by atomic mass is 10.0. The van der Waals surface area contributed by atoms with Gasteiger partial charge >= 0.3 is 6.18 Å². The van der Waals surface area contributed by atoms with Crippen LogP contribution in [-0.4, -0.2) is 19.1 Å². The second-order valence-corrected chi connectivity index (χ2v) is 4.90. The van der Waals surface area contributed by atoms with E-state index in [4.69, 9.17) is 5.26 Å². The van der Waals surface area contributed by atoms with Gasteiger partial charge in [-0.15, -0.1) is 0 Å². The average Bonchev–Trinajstić information content (AvgIpc) is 2.45. The zero-order chi connectivity index (χ0) is 14.6. The number of hydrogen-bond donors (Lipinski definition) is 2. The molecule has 1 heterocycles. The van der Waals surface area contributed by atoms with Crippen molar-refractivity contribution < 1.29 is 13.2 Å². The molecule has 0 saturated carbocycles. The van der Waals surface area contributed by atoms with E-state index in [-0.39, 0.29) is 5.56 Å². The quantitative estimate of drug-likeness (QED) is 0.896. The van der Waals surface area contributed by atoms with Crippen molar-refractivity contribution in [3.8, 4) is 6.07 Å². The molecule has 2 rings (SSSR count). The fraction of sp³-hybridized carbons (Fsp3) is 0.500. The maximum Gasteiger partial charge on any atom is 0.416 e. The molecule has 1 unspecified atom stereocenters. The van der Waals surface area contributed by atoms with Crippen molar-refractivity contribution in [1.29, 1.82) is 5.26 Å². The van der Waals surface area contributed by atoms with Gasteiger partial charge in [0.2, 0.25) is 0 Å². The van der Waals surface area contributed by atoms with Crippen molar-refractivity contribution in [3.63, 3.8) is 0 Å². The number of anilines is 1. The number of alkyl halides is 3. The number of nitriles is 1. The van der Waals surface area contributed by atoms with Gasteiger partial charge in [0.25, 0.3) is 0 Å². The number of piperidine rings is 1. The average molecular weight is 283 g/mol. The Morgan fingerprint density at radius 2 is 2.15 bits per heavy atom. The SMILES string of the molecule is N#Cc1cc(C(F)(F)F)ccc1NCC1CCCCN1. The van der Waals surface area contributed by atoms with Crippen molar-refractivity contribution in [2.45, 2.75) is 31.5 Å². The summed E-state index contributed by atoms with van der Waals surface area (Å²) in [4.78, 5) is 0. The van der Waals surface area contributed by atoms with Gasteiger partial charge in [0.05, 0.1) is 16.8 Å². The first kappa shape index (κ1) is 14.7. The highest BCUT2D eigenvalue weighted by atomic mass is 19.4. The summed E-state index contributed by atoms with van der Waals surface area (Å²) in [5.74, 6) is 0. The van der Waals surface area contributed by atoms with Crippen LogP contribution in [0.4, 0.5) is 18.9 Å². The monoisotopic (exact) mass is 283 g/mol. The molecule has 0 aromatic heterocycles. The third-order valence-corrected chi connectivity index (χ3v) is 3.42. The van der Waals surface area contributed by atoms with E-state index in [1.807, 2.05) is 6.07 Å². The number of benzene rings is 1. The van der Waals surface area contributed by atoms with E-state index in [1.165, 1.54) is 6.07 Å². The van der Waals surface area contributed by atoms with Crippen LogP contribution in [0.1, 0.15) is 30.4 Å². The van der Waals surface area contributed by atoms with Crippen LogP contribution in [0, 0.1) is 11.3 Å². The molecule has 0 spiro atoms. The summed E-state index contributed by atoms with van der Waals surface area (Å²) in [5, 5.41) is 15.4. The van der Waals surface area contributed by atoms with Crippen LogP contribution in [0.3, 0.4) is 0 Å². The molecule has 0 bridgehead atoms. The number of hydrogen-bond acceptors (Lipinski definition) is 3. The molecule has 20 heavy (non-hydrogen) atoms. The Morgan fingerprint density at radius 1 is 1.35 bits per heavy atom. The molecule has 1 aliphatic rings. The molecule has 0 amide bonds. The van der Waals surface area contributed by atoms with Gasteiger partial charge in [0, 0.05) is 12.6 Å². The van der Waals surface area contributed by atoms with Gasteiger partial charge in [-0.05, 0) is 37.6 Å². The third kappa shape index (κ3) is 3.64. The van der Waals surface area contributed by atoms with E-state index in [9.17, 15) is 13.2 Å². The van der Waals surface area contributed by atoms with Crippen molar-refractivity contribution in [1.82, 2.24) is 5.32 Å². The van der Waals surface area contributed by atoms with E-state index in [0.717, 1.165) is 37.9 Å². The molecular weight excluding hydrogens is 267 g/mol. The highest BCUT2D eigenvalue weighted by Gasteiger charge is 2.31. The standard InChI is InChI=1S/C14H16F3N3/c15-14(16,17)11-4-5-13(10(7-11)8-18)20-9-12-3-1-2-6-19-12/h4-5,7,12,19-20H,1-3,6,9H2. The van der Waals surface area contributed by atoms with Crippen LogP contribution in [0.25, 0.3) is 0 Å². The maximum atomic E-state index is 12.6. The topological polar surface area (TPSA) is 47.9 Å². The highest BCUT2D eigenvalue weighted by Crippen LogP contribution is 2.31. The van der Waals surface area contributed by atoms with Crippen LogP contribution in [0.2, 0.25) is 0 Å². The largest absolute Gasteiger partial charge is 0.416 e. The van der Waals surface area contributed by atoms with Crippen LogP contribution < -0.4 is 10.6 Å². The Hall–Kier alpha value is -1.74. The van der Waals surface area contributed by atoms with E-state index < -0.39 is 11.7 Å². The van der Waals surface area contributed by atoms with E-state index >= 15 is 0 Å². The number of nitrogens with one attached hydrogen (secondary N) is 2. The Bertz CT molecular complexity index is 499. The van der Waals surface area contributed by atoms with Gasteiger partial charge < -0.3 is 10.6 Å². The number of rotatable bonds is 3. The number of halogens is 3. The molecule has 6 heteroatoms. The fourth-order valence-electron chi connectivity index (χ4n) is 2.30. The predicted octanol–water partition coefficient (Wildman–Crippen LogP) is 3.13. The normalized spacial score (nSPS) is 19.4. The zero-order valence-electron chi connectivity index (χ0n) is 10.9. The zero-order valence-corrected chi connectivity index (χ0v) is 10.9. The van der Waals surface area contributed by atoms with Gasteiger partial charge in [0.1, 0.15) is 6.07 Å². The van der Waals surface area contributed by atoms with Crippen molar-refractivity contribution in [2.24, 2.45) is 0 Å². The van der Waals surface area contributed by atoms with Gasteiger partial charge in [-0.25, -0.2) is 0 Å². The molecule has 108 valence electrons. The first-order valence-electron chi connectivity index (χ1n) is 6.59. The Kier molecular flexibility index (Phi) is 4.50. The van der Waals surface area contributed by atoms with Crippen LogP contribution >= 0.6 is 0 Å². The lowest BCUT2D eigenvalue weighted by Gasteiger charge is -2.24. The summed E-state index contributed by atoms with van der Waals surface area (Å²) in [7, 11) is 0.